The quantitative estimate of drug-likeness (QED) is 0.862. The van der Waals surface area contributed by atoms with Gasteiger partial charge < -0.3 is 4.52 Å². The summed E-state index contributed by atoms with van der Waals surface area (Å²) >= 11 is 6.04. The highest BCUT2D eigenvalue weighted by atomic mass is 35.5. The van der Waals surface area contributed by atoms with E-state index in [0.717, 1.165) is 11.3 Å². The van der Waals surface area contributed by atoms with Crippen molar-refractivity contribution in [3.8, 4) is 6.07 Å². The lowest BCUT2D eigenvalue weighted by atomic mass is 10.0. The molecule has 0 aliphatic rings. The average Bonchev–Trinajstić information content (AvgIpc) is 2.74. The Hall–Kier alpha value is -1.90. The van der Waals surface area contributed by atoms with Crippen LogP contribution in [0.5, 0.6) is 0 Å². The maximum atomic E-state index is 14.0. The molecule has 0 aliphatic heterocycles. The molecule has 0 saturated heterocycles. The van der Waals surface area contributed by atoms with Crippen molar-refractivity contribution in [2.45, 2.75) is 26.4 Å². The van der Waals surface area contributed by atoms with Crippen LogP contribution in [-0.2, 0) is 6.54 Å². The van der Waals surface area contributed by atoms with Crippen molar-refractivity contribution in [1.82, 2.24) is 10.1 Å². The molecule has 6 heteroatoms. The van der Waals surface area contributed by atoms with E-state index in [9.17, 15) is 9.65 Å². The number of nitriles is 1. The molecule has 0 spiro atoms. The summed E-state index contributed by atoms with van der Waals surface area (Å²) in [5.41, 5.74) is 1.84. The molecule has 0 N–H and O–H groups in total. The monoisotopic (exact) mass is 307 g/mol. The van der Waals surface area contributed by atoms with Crippen molar-refractivity contribution >= 4 is 11.6 Å². The molecule has 21 heavy (non-hydrogen) atoms. The molecule has 0 aliphatic carbocycles. The molecule has 1 atom stereocenters. The third-order valence-electron chi connectivity index (χ3n) is 3.42. The van der Waals surface area contributed by atoms with E-state index in [1.165, 1.54) is 12.1 Å². The van der Waals surface area contributed by atoms with Gasteiger partial charge in [0.15, 0.2) is 0 Å². The van der Waals surface area contributed by atoms with Crippen molar-refractivity contribution in [3.05, 3.63) is 51.6 Å². The third-order valence-corrected chi connectivity index (χ3v) is 3.75. The van der Waals surface area contributed by atoms with Crippen LogP contribution >= 0.6 is 11.6 Å². The Balaban J connectivity index is 2.32. The minimum Gasteiger partial charge on any atom is -0.361 e. The van der Waals surface area contributed by atoms with Gasteiger partial charge in [-0.15, -0.1) is 0 Å². The Morgan fingerprint density at radius 2 is 2.19 bits per heavy atom. The fourth-order valence-electron chi connectivity index (χ4n) is 2.22. The second-order valence-corrected chi connectivity index (χ2v) is 5.29. The van der Waals surface area contributed by atoms with Gasteiger partial charge in [0, 0.05) is 22.7 Å². The Labute approximate surface area is 127 Å². The minimum absolute atomic E-state index is 0.191. The van der Waals surface area contributed by atoms with Gasteiger partial charge in [-0.3, -0.25) is 4.90 Å². The third kappa shape index (κ3) is 3.07. The number of hydrogen-bond acceptors (Lipinski definition) is 4. The van der Waals surface area contributed by atoms with E-state index in [0.29, 0.717) is 12.3 Å². The topological polar surface area (TPSA) is 53.1 Å². The zero-order chi connectivity index (χ0) is 15.6. The Morgan fingerprint density at radius 1 is 1.48 bits per heavy atom. The number of halogens is 2. The number of aryl methyl sites for hydroxylation is 2. The van der Waals surface area contributed by atoms with Gasteiger partial charge in [0.1, 0.15) is 17.6 Å². The van der Waals surface area contributed by atoms with Crippen molar-refractivity contribution in [3.63, 3.8) is 0 Å². The number of aromatic nitrogens is 1. The number of nitrogens with zero attached hydrogens (tertiary/aromatic N) is 3. The summed E-state index contributed by atoms with van der Waals surface area (Å²) in [4.78, 5) is 1.72. The van der Waals surface area contributed by atoms with E-state index < -0.39 is 11.9 Å². The molecule has 0 fully saturated rings. The predicted octanol–water partition coefficient (Wildman–Crippen LogP) is 3.78. The van der Waals surface area contributed by atoms with E-state index in [1.54, 1.807) is 24.9 Å². The van der Waals surface area contributed by atoms with Gasteiger partial charge in [0.25, 0.3) is 0 Å². The van der Waals surface area contributed by atoms with Crippen LogP contribution in [0.1, 0.15) is 28.6 Å². The smallest absolute Gasteiger partial charge is 0.138 e. The maximum Gasteiger partial charge on any atom is 0.138 e. The van der Waals surface area contributed by atoms with Gasteiger partial charge in [-0.05, 0) is 33.0 Å². The van der Waals surface area contributed by atoms with Crippen LogP contribution < -0.4 is 0 Å². The van der Waals surface area contributed by atoms with E-state index in [1.807, 2.05) is 6.92 Å². The Morgan fingerprint density at radius 3 is 2.71 bits per heavy atom. The van der Waals surface area contributed by atoms with Crippen molar-refractivity contribution in [2.24, 2.45) is 0 Å². The average molecular weight is 308 g/mol. The number of rotatable bonds is 4. The summed E-state index contributed by atoms with van der Waals surface area (Å²) in [6.07, 6.45) is 0. The van der Waals surface area contributed by atoms with Crippen LogP contribution in [0.3, 0.4) is 0 Å². The summed E-state index contributed by atoms with van der Waals surface area (Å²) in [7, 11) is 1.74. The summed E-state index contributed by atoms with van der Waals surface area (Å²) in [6.45, 7) is 4.06. The van der Waals surface area contributed by atoms with Crippen molar-refractivity contribution in [2.75, 3.05) is 7.05 Å². The molecular formula is C15H15ClFN3O. The largest absolute Gasteiger partial charge is 0.361 e. The van der Waals surface area contributed by atoms with Gasteiger partial charge in [-0.1, -0.05) is 22.8 Å². The molecule has 0 unspecified atom stereocenters. The van der Waals surface area contributed by atoms with E-state index >= 15 is 0 Å². The molecule has 2 aromatic rings. The summed E-state index contributed by atoms with van der Waals surface area (Å²) in [5, 5.41) is 13.5. The molecule has 2 rings (SSSR count). The normalized spacial score (nSPS) is 12.4. The molecule has 0 radical (unpaired) electrons. The fourth-order valence-corrected chi connectivity index (χ4v) is 2.49. The first-order valence-electron chi connectivity index (χ1n) is 6.41. The number of benzene rings is 1. The van der Waals surface area contributed by atoms with Crippen LogP contribution in [0.2, 0.25) is 5.02 Å². The highest BCUT2D eigenvalue weighted by Crippen LogP contribution is 2.30. The Bertz CT molecular complexity index is 653. The Kier molecular flexibility index (Phi) is 4.61. The molecule has 0 amide bonds. The summed E-state index contributed by atoms with van der Waals surface area (Å²) in [6, 6.07) is 5.71. The molecular weight excluding hydrogens is 293 g/mol. The van der Waals surface area contributed by atoms with E-state index in [2.05, 4.69) is 11.2 Å². The van der Waals surface area contributed by atoms with Gasteiger partial charge in [0.05, 0.1) is 11.8 Å². The fraction of sp³-hybridized carbons (Fsp3) is 0.333. The molecule has 1 aromatic heterocycles. The lowest BCUT2D eigenvalue weighted by Crippen LogP contribution is -2.24. The van der Waals surface area contributed by atoms with Gasteiger partial charge >= 0.3 is 0 Å². The standard InChI is InChI=1S/C15H15ClFN3O/c1-9-11(10(2)21-19-9)8-20(3)14(7-18)15-12(16)5-4-6-13(15)17/h4-6,14H,8H2,1-3H3/t14-/m0/s1. The van der Waals surface area contributed by atoms with Crippen LogP contribution in [-0.4, -0.2) is 17.1 Å². The molecule has 0 bridgehead atoms. The van der Waals surface area contributed by atoms with E-state index in [-0.39, 0.29) is 10.6 Å². The van der Waals surface area contributed by atoms with Gasteiger partial charge in [0.2, 0.25) is 0 Å². The number of hydrogen-bond donors (Lipinski definition) is 0. The molecule has 110 valence electrons. The molecule has 0 saturated carbocycles. The van der Waals surface area contributed by atoms with E-state index in [4.69, 9.17) is 16.1 Å². The van der Waals surface area contributed by atoms with Gasteiger partial charge in [-0.25, -0.2) is 4.39 Å². The predicted molar refractivity (Wildman–Crippen MR) is 77.2 cm³/mol. The second kappa shape index (κ2) is 6.25. The van der Waals surface area contributed by atoms with Crippen LogP contribution in [0.4, 0.5) is 4.39 Å². The highest BCUT2D eigenvalue weighted by molar-refractivity contribution is 6.31. The first kappa shape index (κ1) is 15.5. The van der Waals surface area contributed by atoms with Crippen LogP contribution in [0.25, 0.3) is 0 Å². The van der Waals surface area contributed by atoms with Crippen LogP contribution in [0, 0.1) is 31.0 Å². The summed E-state index contributed by atoms with van der Waals surface area (Å²) < 4.78 is 19.1. The molecule has 4 nitrogen and oxygen atoms in total. The lowest BCUT2D eigenvalue weighted by molar-refractivity contribution is 0.275. The first-order chi connectivity index (χ1) is 9.95. The summed E-state index contributed by atoms with van der Waals surface area (Å²) in [5.74, 6) is 0.204. The molecule has 1 heterocycles. The lowest BCUT2D eigenvalue weighted by Gasteiger charge is -2.23. The van der Waals surface area contributed by atoms with Crippen LogP contribution in [0.15, 0.2) is 22.7 Å². The minimum atomic E-state index is -0.785. The molecule has 1 aromatic carbocycles. The highest BCUT2D eigenvalue weighted by Gasteiger charge is 2.24. The van der Waals surface area contributed by atoms with Crippen molar-refractivity contribution in [1.29, 1.82) is 5.26 Å². The van der Waals surface area contributed by atoms with Crippen molar-refractivity contribution < 1.29 is 8.91 Å². The zero-order valence-corrected chi connectivity index (χ0v) is 12.8. The van der Waals surface area contributed by atoms with Gasteiger partial charge in [-0.2, -0.15) is 5.26 Å². The second-order valence-electron chi connectivity index (χ2n) is 4.88. The first-order valence-corrected chi connectivity index (χ1v) is 6.79. The SMILES string of the molecule is Cc1noc(C)c1CN(C)[C@@H](C#N)c1c(F)cccc1Cl. The zero-order valence-electron chi connectivity index (χ0n) is 12.0. The maximum absolute atomic E-state index is 14.0.